The Labute approximate surface area is 250 Å². The summed E-state index contributed by atoms with van der Waals surface area (Å²) in [7, 11) is 0. The first-order valence-electron chi connectivity index (χ1n) is 16.0. The maximum atomic E-state index is 14.0. The third-order valence-electron chi connectivity index (χ3n) is 9.13. The topological polar surface area (TPSA) is 104 Å². The summed E-state index contributed by atoms with van der Waals surface area (Å²) >= 11 is 0. The van der Waals surface area contributed by atoms with E-state index in [0.717, 1.165) is 25.7 Å². The third-order valence-corrected chi connectivity index (χ3v) is 9.13. The van der Waals surface area contributed by atoms with Crippen molar-refractivity contribution in [2.45, 2.75) is 90.3 Å². The fourth-order valence-corrected chi connectivity index (χ4v) is 6.95. The van der Waals surface area contributed by atoms with Crippen LogP contribution in [0.3, 0.4) is 0 Å². The van der Waals surface area contributed by atoms with Gasteiger partial charge in [-0.05, 0) is 49.5 Å². The summed E-state index contributed by atoms with van der Waals surface area (Å²) in [6, 6.07) is 5.25. The van der Waals surface area contributed by atoms with E-state index < -0.39 is 0 Å². The maximum absolute atomic E-state index is 14.0. The number of nitrogens with one attached hydrogen (secondary N) is 1. The van der Waals surface area contributed by atoms with Crippen LogP contribution in [-0.2, 0) is 14.3 Å². The molecule has 0 radical (unpaired) electrons. The van der Waals surface area contributed by atoms with E-state index in [1.54, 1.807) is 18.2 Å². The van der Waals surface area contributed by atoms with Gasteiger partial charge in [-0.1, -0.05) is 39.7 Å². The van der Waals surface area contributed by atoms with Crippen LogP contribution in [0.2, 0.25) is 0 Å². The zero-order valence-electron chi connectivity index (χ0n) is 25.7. The number of pyridine rings is 1. The first-order chi connectivity index (χ1) is 20.2. The van der Waals surface area contributed by atoms with Crippen molar-refractivity contribution >= 4 is 17.7 Å². The fraction of sp³-hybridized carbons (Fsp3) is 0.750. The van der Waals surface area contributed by atoms with Crippen LogP contribution in [0, 0.1) is 11.3 Å². The molecule has 6 rings (SSSR count). The number of ether oxygens (including phenoxy) is 2. The number of aromatic nitrogens is 1. The largest absolute Gasteiger partial charge is 0.475 e. The highest BCUT2D eigenvalue weighted by molar-refractivity contribution is 5.92. The summed E-state index contributed by atoms with van der Waals surface area (Å²) in [5, 5.41) is 3.16. The number of hydrogen-bond acceptors (Lipinski definition) is 7. The summed E-state index contributed by atoms with van der Waals surface area (Å²) in [5.74, 6) is 0.824. The number of piperidine rings is 1. The van der Waals surface area contributed by atoms with Crippen molar-refractivity contribution in [1.29, 1.82) is 0 Å². The average molecular weight is 584 g/mol. The van der Waals surface area contributed by atoms with Crippen LogP contribution in [-0.4, -0.2) is 108 Å². The molecule has 10 heteroatoms. The predicted molar refractivity (Wildman–Crippen MR) is 159 cm³/mol. The minimum absolute atomic E-state index is 0.0916. The molecule has 4 aliphatic heterocycles. The maximum Gasteiger partial charge on any atom is 0.270 e. The quantitative estimate of drug-likeness (QED) is 0.534. The van der Waals surface area contributed by atoms with Gasteiger partial charge in [-0.25, -0.2) is 4.98 Å². The van der Waals surface area contributed by atoms with Gasteiger partial charge in [-0.15, -0.1) is 0 Å². The van der Waals surface area contributed by atoms with Crippen molar-refractivity contribution in [3.05, 3.63) is 23.9 Å². The molecule has 1 N–H and O–H groups in total. The number of rotatable bonds is 2. The van der Waals surface area contributed by atoms with Crippen molar-refractivity contribution < 1.29 is 23.9 Å². The molecule has 3 fully saturated rings. The molecule has 1 aromatic heterocycles. The Hall–Kier alpha value is -2.72. The van der Waals surface area contributed by atoms with E-state index >= 15 is 0 Å². The van der Waals surface area contributed by atoms with Crippen molar-refractivity contribution in [3.8, 4) is 5.88 Å². The van der Waals surface area contributed by atoms with Crippen LogP contribution >= 0.6 is 0 Å². The molecular formula is C32H49N5O5. The smallest absolute Gasteiger partial charge is 0.270 e. The van der Waals surface area contributed by atoms with Crippen LogP contribution in [0.5, 0.6) is 5.88 Å². The standard InChI is InChI=1S/C32H49N5O5/c1-32(2,3)20-29(38)36-15-16-41-17-18-42-28-10-6-9-26(34-28)30(39)33-24-19-27(37(22-24)25-7-4-5-8-25)31(40)35-13-11-23(21-36)12-14-35/h6,9-10,23-25,27H,4-5,7-8,11-22H2,1-3H3,(H,33,39)/t24-,27+/m1/s1. The number of fused-ring (bicyclic) bond motifs is 10. The van der Waals surface area contributed by atoms with Crippen molar-refractivity contribution in [1.82, 2.24) is 25.0 Å². The molecule has 2 saturated heterocycles. The minimum Gasteiger partial charge on any atom is -0.475 e. The van der Waals surface area contributed by atoms with Gasteiger partial charge in [0.1, 0.15) is 12.3 Å². The average Bonchev–Trinajstić information content (AvgIpc) is 3.63. The highest BCUT2D eigenvalue weighted by Crippen LogP contribution is 2.32. The lowest BCUT2D eigenvalue weighted by Crippen LogP contribution is -2.51. The Bertz CT molecular complexity index is 1090. The van der Waals surface area contributed by atoms with Gasteiger partial charge in [0.25, 0.3) is 5.91 Å². The van der Waals surface area contributed by atoms with E-state index in [4.69, 9.17) is 9.47 Å². The Kier molecular flexibility index (Phi) is 10.0. The number of amides is 3. The van der Waals surface area contributed by atoms with Gasteiger partial charge in [-0.3, -0.25) is 19.3 Å². The van der Waals surface area contributed by atoms with Gasteiger partial charge in [0.15, 0.2) is 0 Å². The van der Waals surface area contributed by atoms with E-state index in [1.165, 1.54) is 12.8 Å². The van der Waals surface area contributed by atoms with Crippen molar-refractivity contribution in [3.63, 3.8) is 0 Å². The van der Waals surface area contributed by atoms with Crippen LogP contribution < -0.4 is 10.1 Å². The van der Waals surface area contributed by atoms with Gasteiger partial charge >= 0.3 is 0 Å². The van der Waals surface area contributed by atoms with Gasteiger partial charge in [0.2, 0.25) is 17.7 Å². The van der Waals surface area contributed by atoms with E-state index in [2.05, 4.69) is 36.0 Å². The molecule has 10 nitrogen and oxygen atoms in total. The molecule has 1 aromatic rings. The number of carbonyl (C=O) groups excluding carboxylic acids is 3. The summed E-state index contributed by atoms with van der Waals surface area (Å²) < 4.78 is 11.6. The Morgan fingerprint density at radius 2 is 1.76 bits per heavy atom. The zero-order chi connectivity index (χ0) is 29.7. The molecule has 3 amide bonds. The molecule has 1 saturated carbocycles. The first-order valence-corrected chi connectivity index (χ1v) is 16.0. The summed E-state index contributed by atoms with van der Waals surface area (Å²) in [4.78, 5) is 51.2. The predicted octanol–water partition coefficient (Wildman–Crippen LogP) is 3.11. The van der Waals surface area contributed by atoms with Gasteiger partial charge in [0, 0.05) is 57.3 Å². The lowest BCUT2D eigenvalue weighted by atomic mass is 9.90. The lowest BCUT2D eigenvalue weighted by molar-refractivity contribution is -0.139. The van der Waals surface area contributed by atoms with Crippen molar-refractivity contribution in [2.75, 3.05) is 52.5 Å². The molecule has 42 heavy (non-hydrogen) atoms. The van der Waals surface area contributed by atoms with E-state index in [1.807, 2.05) is 9.80 Å². The molecule has 0 aromatic carbocycles. The molecule has 1 aliphatic carbocycles. The molecule has 6 bridgehead atoms. The molecular weight excluding hydrogens is 534 g/mol. The summed E-state index contributed by atoms with van der Waals surface area (Å²) in [6.45, 7) is 10.7. The Balaban J connectivity index is 1.33. The first kappa shape index (κ1) is 30.7. The highest BCUT2D eigenvalue weighted by atomic mass is 16.5. The van der Waals surface area contributed by atoms with Crippen LogP contribution in [0.15, 0.2) is 18.2 Å². The monoisotopic (exact) mass is 583 g/mol. The molecule has 232 valence electrons. The highest BCUT2D eigenvalue weighted by Gasteiger charge is 2.43. The van der Waals surface area contributed by atoms with Gasteiger partial charge < -0.3 is 24.6 Å². The fourth-order valence-electron chi connectivity index (χ4n) is 6.95. The molecule has 5 heterocycles. The molecule has 0 spiro atoms. The number of nitrogens with zero attached hydrogens (tertiary/aromatic N) is 4. The van der Waals surface area contributed by atoms with Crippen LogP contribution in [0.1, 0.15) is 82.6 Å². The second-order valence-electron chi connectivity index (χ2n) is 13.7. The van der Waals surface area contributed by atoms with E-state index in [0.29, 0.717) is 88.9 Å². The summed E-state index contributed by atoms with van der Waals surface area (Å²) in [6.07, 6.45) is 7.47. The molecule has 0 unspecified atom stereocenters. The molecule has 5 aliphatic rings. The van der Waals surface area contributed by atoms with Crippen LogP contribution in [0.4, 0.5) is 0 Å². The third kappa shape index (κ3) is 8.01. The lowest BCUT2D eigenvalue weighted by Gasteiger charge is -2.38. The Morgan fingerprint density at radius 3 is 2.50 bits per heavy atom. The summed E-state index contributed by atoms with van der Waals surface area (Å²) in [5.41, 5.74) is 0.211. The minimum atomic E-state index is -0.243. The molecule has 2 atom stereocenters. The zero-order valence-corrected chi connectivity index (χ0v) is 25.7. The van der Waals surface area contributed by atoms with Gasteiger partial charge in [0.05, 0.1) is 19.3 Å². The van der Waals surface area contributed by atoms with Crippen molar-refractivity contribution in [2.24, 2.45) is 11.3 Å². The normalized spacial score (nSPS) is 27.5. The number of hydrogen-bond donors (Lipinski definition) is 1. The number of likely N-dealkylation sites (tertiary alicyclic amines) is 1. The Morgan fingerprint density at radius 1 is 1.00 bits per heavy atom. The number of carbonyl (C=O) groups is 3. The van der Waals surface area contributed by atoms with E-state index in [9.17, 15) is 14.4 Å². The van der Waals surface area contributed by atoms with Gasteiger partial charge in [-0.2, -0.15) is 0 Å². The van der Waals surface area contributed by atoms with E-state index in [-0.39, 0.29) is 35.2 Å². The SMILES string of the molecule is CC(C)(C)CC(=O)N1CCOCCOc2cccc(n2)C(=O)N[C@@H]2C[C@@H](C(=O)N3CCC(CC3)C1)N(C1CCCC1)C2. The second-order valence-corrected chi connectivity index (χ2v) is 13.7. The second kappa shape index (κ2) is 13.7. The van der Waals surface area contributed by atoms with Crippen LogP contribution in [0.25, 0.3) is 0 Å².